The lowest BCUT2D eigenvalue weighted by Gasteiger charge is -2.28. The molecule has 1 amide bonds. The van der Waals surface area contributed by atoms with Crippen LogP contribution in [0.5, 0.6) is 0 Å². The van der Waals surface area contributed by atoms with Crippen LogP contribution in [0.2, 0.25) is 0 Å². The molecule has 1 aromatic carbocycles. The van der Waals surface area contributed by atoms with E-state index in [1.807, 2.05) is 31.2 Å². The number of hydrogen-bond acceptors (Lipinski definition) is 5. The zero-order valence-corrected chi connectivity index (χ0v) is 14.5. The highest BCUT2D eigenvalue weighted by atomic mass is 16.2. The number of aromatic amines is 1. The zero-order chi connectivity index (χ0) is 18.1. The number of para-hydroxylation sites is 1. The van der Waals surface area contributed by atoms with Gasteiger partial charge in [-0.2, -0.15) is 5.10 Å². The third kappa shape index (κ3) is 2.92. The maximum absolute atomic E-state index is 13.1. The molecule has 0 aliphatic carbocycles. The van der Waals surface area contributed by atoms with Crippen LogP contribution in [0, 0.1) is 0 Å². The van der Waals surface area contributed by atoms with E-state index in [1.165, 1.54) is 6.07 Å². The van der Waals surface area contributed by atoms with Crippen molar-refractivity contribution in [2.45, 2.75) is 19.9 Å². The lowest BCUT2D eigenvalue weighted by molar-refractivity contribution is 0.0735. The van der Waals surface area contributed by atoms with E-state index < -0.39 is 0 Å². The Kier molecular flexibility index (Phi) is 4.12. The zero-order valence-electron chi connectivity index (χ0n) is 14.5. The number of H-pyrrole nitrogens is 1. The first kappa shape index (κ1) is 16.3. The summed E-state index contributed by atoms with van der Waals surface area (Å²) in [6.07, 6.45) is 0.654. The fraction of sp³-hybridized carbons (Fsp3) is 0.263. The van der Waals surface area contributed by atoms with Gasteiger partial charge in [0.05, 0.1) is 11.3 Å². The number of nitrogens with zero attached hydrogens (tertiary/aromatic N) is 3. The molecular weight excluding hydrogens is 330 g/mol. The number of carbonyl (C=O) groups excluding carboxylic acids is 1. The first-order valence-electron chi connectivity index (χ1n) is 8.66. The lowest BCUT2D eigenvalue weighted by atomic mass is 10.0. The molecule has 0 atom stereocenters. The Balaban J connectivity index is 1.68. The van der Waals surface area contributed by atoms with Gasteiger partial charge in [0.1, 0.15) is 5.82 Å². The summed E-state index contributed by atoms with van der Waals surface area (Å²) >= 11 is 0. The second-order valence-corrected chi connectivity index (χ2v) is 6.30. The van der Waals surface area contributed by atoms with Gasteiger partial charge in [0.15, 0.2) is 0 Å². The maximum atomic E-state index is 13.1. The Hall–Kier alpha value is -3.22. The molecule has 0 saturated carbocycles. The number of pyridine rings is 1. The van der Waals surface area contributed by atoms with Gasteiger partial charge in [0, 0.05) is 43.0 Å². The Morgan fingerprint density at radius 2 is 2.12 bits per heavy atom. The Labute approximate surface area is 150 Å². The molecule has 0 radical (unpaired) electrons. The molecule has 7 nitrogen and oxygen atoms in total. The predicted molar refractivity (Wildman–Crippen MR) is 99.2 cm³/mol. The van der Waals surface area contributed by atoms with Gasteiger partial charge >= 0.3 is 0 Å². The van der Waals surface area contributed by atoms with E-state index in [2.05, 4.69) is 20.5 Å². The van der Waals surface area contributed by atoms with Gasteiger partial charge in [-0.3, -0.25) is 9.59 Å². The van der Waals surface area contributed by atoms with Gasteiger partial charge in [-0.25, -0.2) is 0 Å². The number of anilines is 1. The molecule has 3 heterocycles. The number of carbonyl (C=O) groups is 1. The highest BCUT2D eigenvalue weighted by Gasteiger charge is 2.25. The molecule has 1 aliphatic heterocycles. The summed E-state index contributed by atoms with van der Waals surface area (Å²) in [5.74, 6) is 0.571. The van der Waals surface area contributed by atoms with E-state index in [1.54, 1.807) is 11.0 Å². The monoisotopic (exact) mass is 349 g/mol. The molecule has 0 spiro atoms. The van der Waals surface area contributed by atoms with Crippen molar-refractivity contribution >= 4 is 22.6 Å². The molecule has 4 rings (SSSR count). The van der Waals surface area contributed by atoms with E-state index >= 15 is 0 Å². The smallest absolute Gasteiger partial charge is 0.255 e. The Bertz CT molecular complexity index is 1040. The largest absolute Gasteiger partial charge is 0.369 e. The molecule has 1 aliphatic rings. The molecule has 26 heavy (non-hydrogen) atoms. The van der Waals surface area contributed by atoms with Crippen molar-refractivity contribution < 1.29 is 4.79 Å². The first-order chi connectivity index (χ1) is 12.7. The van der Waals surface area contributed by atoms with Crippen LogP contribution in [0.4, 0.5) is 5.82 Å². The number of hydrogen-bond donors (Lipinski definition) is 2. The molecule has 0 saturated heterocycles. The fourth-order valence-electron chi connectivity index (χ4n) is 3.32. The number of aromatic nitrogens is 3. The van der Waals surface area contributed by atoms with E-state index in [9.17, 15) is 9.59 Å². The van der Waals surface area contributed by atoms with E-state index in [4.69, 9.17) is 0 Å². The predicted octanol–water partition coefficient (Wildman–Crippen LogP) is 1.95. The lowest BCUT2D eigenvalue weighted by Crippen LogP contribution is -2.37. The topological polar surface area (TPSA) is 91.0 Å². The van der Waals surface area contributed by atoms with Gasteiger partial charge in [-0.05, 0) is 24.6 Å². The quantitative estimate of drug-likeness (QED) is 0.754. The summed E-state index contributed by atoms with van der Waals surface area (Å²) in [4.78, 5) is 29.6. The van der Waals surface area contributed by atoms with Gasteiger partial charge in [-0.1, -0.05) is 18.2 Å². The average Bonchev–Trinajstić information content (AvgIpc) is 2.66. The molecule has 2 aromatic heterocycles. The molecule has 0 unspecified atom stereocenters. The van der Waals surface area contributed by atoms with E-state index in [-0.39, 0.29) is 11.5 Å². The van der Waals surface area contributed by atoms with Gasteiger partial charge in [0.25, 0.3) is 5.91 Å². The molecule has 3 aromatic rings. The minimum atomic E-state index is -0.273. The van der Waals surface area contributed by atoms with Crippen LogP contribution >= 0.6 is 0 Å². The number of amides is 1. The standard InChI is InChI=1S/C19H19N5O2/c1-2-20-17-9-12-11-24(8-7-15(12)22-23-17)19(26)14-10-18(25)21-16-6-4-3-5-13(14)16/h3-6,9-10H,2,7-8,11H2,1H3,(H,20,23)(H,21,25). The van der Waals surface area contributed by atoms with Crippen molar-refractivity contribution in [3.05, 3.63) is 63.6 Å². The summed E-state index contributed by atoms with van der Waals surface area (Å²) < 4.78 is 0. The molecular formula is C19H19N5O2. The van der Waals surface area contributed by atoms with Crippen LogP contribution in [0.3, 0.4) is 0 Å². The van der Waals surface area contributed by atoms with Crippen molar-refractivity contribution in [1.82, 2.24) is 20.1 Å². The van der Waals surface area contributed by atoms with Crippen molar-refractivity contribution in [2.75, 3.05) is 18.4 Å². The van der Waals surface area contributed by atoms with Crippen LogP contribution in [0.1, 0.15) is 28.5 Å². The number of nitrogens with one attached hydrogen (secondary N) is 2. The highest BCUT2D eigenvalue weighted by Crippen LogP contribution is 2.22. The fourth-order valence-corrected chi connectivity index (χ4v) is 3.32. The molecule has 0 fully saturated rings. The summed E-state index contributed by atoms with van der Waals surface area (Å²) in [7, 11) is 0. The third-order valence-electron chi connectivity index (χ3n) is 4.57. The molecule has 2 N–H and O–H groups in total. The van der Waals surface area contributed by atoms with Crippen molar-refractivity contribution in [3.8, 4) is 0 Å². The summed E-state index contributed by atoms with van der Waals surface area (Å²) in [5, 5.41) is 12.3. The van der Waals surface area contributed by atoms with E-state index in [0.29, 0.717) is 36.4 Å². The average molecular weight is 349 g/mol. The SMILES string of the molecule is CCNc1cc2c(nn1)CCN(C(=O)c1cc(=O)[nH]c3ccccc13)C2. The van der Waals surface area contributed by atoms with Gasteiger partial charge < -0.3 is 15.2 Å². The molecule has 7 heteroatoms. The highest BCUT2D eigenvalue weighted by molar-refractivity contribution is 6.06. The number of benzene rings is 1. The van der Waals surface area contributed by atoms with E-state index in [0.717, 1.165) is 23.2 Å². The second-order valence-electron chi connectivity index (χ2n) is 6.30. The summed E-state index contributed by atoms with van der Waals surface area (Å²) in [6.45, 7) is 3.77. The van der Waals surface area contributed by atoms with Crippen LogP contribution in [0.15, 0.2) is 41.2 Å². The first-order valence-corrected chi connectivity index (χ1v) is 8.66. The van der Waals surface area contributed by atoms with Crippen LogP contribution in [-0.4, -0.2) is 39.1 Å². The van der Waals surface area contributed by atoms with Gasteiger partial charge in [0.2, 0.25) is 5.56 Å². The van der Waals surface area contributed by atoms with Gasteiger partial charge in [-0.15, -0.1) is 5.10 Å². The molecule has 132 valence electrons. The summed E-state index contributed by atoms with van der Waals surface area (Å²) in [6, 6.07) is 10.7. The third-order valence-corrected chi connectivity index (χ3v) is 4.57. The van der Waals surface area contributed by atoms with Crippen molar-refractivity contribution in [1.29, 1.82) is 0 Å². The van der Waals surface area contributed by atoms with Crippen molar-refractivity contribution in [2.24, 2.45) is 0 Å². The molecule has 0 bridgehead atoms. The minimum absolute atomic E-state index is 0.139. The Morgan fingerprint density at radius 1 is 1.27 bits per heavy atom. The number of rotatable bonds is 3. The van der Waals surface area contributed by atoms with Crippen molar-refractivity contribution in [3.63, 3.8) is 0 Å². The normalized spacial score (nSPS) is 13.5. The minimum Gasteiger partial charge on any atom is -0.369 e. The van der Waals surface area contributed by atoms with Crippen LogP contribution < -0.4 is 10.9 Å². The van der Waals surface area contributed by atoms with Crippen LogP contribution in [0.25, 0.3) is 10.9 Å². The number of fused-ring (bicyclic) bond motifs is 2. The maximum Gasteiger partial charge on any atom is 0.255 e. The second kappa shape index (κ2) is 6.59. The van der Waals surface area contributed by atoms with Crippen LogP contribution in [-0.2, 0) is 13.0 Å². The summed E-state index contributed by atoms with van der Waals surface area (Å²) in [5.41, 5.74) is 2.74. The Morgan fingerprint density at radius 3 is 2.96 bits per heavy atom.